The summed E-state index contributed by atoms with van der Waals surface area (Å²) in [6, 6.07) is 0. The Labute approximate surface area is 86.1 Å². The lowest BCUT2D eigenvalue weighted by atomic mass is 11.5. The molecule has 0 bridgehead atoms. The standard InChI is InChI=1S/CH4O11S3/c2-1(13(3)4)10-15(8,9)12-11-14(5,6)7/h1-2H,(H,3,4)(H,5,6,7). The molecule has 0 saturated heterocycles. The Morgan fingerprint density at radius 3 is 1.93 bits per heavy atom. The van der Waals surface area contributed by atoms with E-state index in [1.54, 1.807) is 0 Å². The molecule has 0 aliphatic carbocycles. The van der Waals surface area contributed by atoms with Crippen molar-refractivity contribution < 1.29 is 48.1 Å². The van der Waals surface area contributed by atoms with Crippen molar-refractivity contribution in [2.24, 2.45) is 0 Å². The van der Waals surface area contributed by atoms with Crippen molar-refractivity contribution in [2.75, 3.05) is 0 Å². The molecule has 0 aromatic carbocycles. The zero-order valence-electron chi connectivity index (χ0n) is 6.41. The summed E-state index contributed by atoms with van der Waals surface area (Å²) < 4.78 is 75.7. The Morgan fingerprint density at radius 1 is 1.13 bits per heavy atom. The molecule has 92 valence electrons. The summed E-state index contributed by atoms with van der Waals surface area (Å²) in [7, 11) is -10.4. The molecular weight excluding hydrogens is 284 g/mol. The molecule has 11 nitrogen and oxygen atoms in total. The van der Waals surface area contributed by atoms with Crippen LogP contribution in [0.2, 0.25) is 0 Å². The fourth-order valence-electron chi connectivity index (χ4n) is 0.220. The Bertz CT molecular complexity index is 413. The van der Waals surface area contributed by atoms with Gasteiger partial charge in [0, 0.05) is 0 Å². The van der Waals surface area contributed by atoms with E-state index in [-0.39, 0.29) is 0 Å². The van der Waals surface area contributed by atoms with Crippen LogP contribution in [0.25, 0.3) is 0 Å². The van der Waals surface area contributed by atoms with Gasteiger partial charge in [-0.05, 0) is 0 Å². The molecular formula is CH4O11S3. The van der Waals surface area contributed by atoms with Crippen LogP contribution in [0.15, 0.2) is 0 Å². The third-order valence-corrected chi connectivity index (χ3v) is 2.11. The largest absolute Gasteiger partial charge is 0.431 e. The van der Waals surface area contributed by atoms with Crippen molar-refractivity contribution in [2.45, 2.75) is 5.62 Å². The maximum atomic E-state index is 10.4. The molecule has 0 aromatic heterocycles. The molecule has 0 fully saturated rings. The highest BCUT2D eigenvalue weighted by Crippen LogP contribution is 2.04. The van der Waals surface area contributed by atoms with E-state index in [9.17, 15) is 21.0 Å². The van der Waals surface area contributed by atoms with Gasteiger partial charge in [0.05, 0.1) is 0 Å². The van der Waals surface area contributed by atoms with Crippen LogP contribution < -0.4 is 0 Å². The number of aliphatic hydroxyl groups is 1. The van der Waals surface area contributed by atoms with Crippen LogP contribution >= 0.6 is 0 Å². The minimum Gasteiger partial charge on any atom is -0.355 e. The summed E-state index contributed by atoms with van der Waals surface area (Å²) in [5.41, 5.74) is -2.69. The lowest BCUT2D eigenvalue weighted by Crippen LogP contribution is -2.24. The first kappa shape index (κ1) is 14.8. The van der Waals surface area contributed by atoms with E-state index in [1.165, 1.54) is 0 Å². The summed E-state index contributed by atoms with van der Waals surface area (Å²) in [5, 5.41) is 8.39. The predicted molar refractivity (Wildman–Crippen MR) is 40.5 cm³/mol. The van der Waals surface area contributed by atoms with Crippen LogP contribution in [-0.2, 0) is 44.7 Å². The summed E-state index contributed by atoms with van der Waals surface area (Å²) in [6.07, 6.45) is 0. The van der Waals surface area contributed by atoms with Crippen LogP contribution in [0.4, 0.5) is 0 Å². The second-order valence-electron chi connectivity index (χ2n) is 1.65. The van der Waals surface area contributed by atoms with Gasteiger partial charge in [-0.3, -0.25) is 4.55 Å². The number of hydrogen-bond acceptors (Lipinski definition) is 9. The average molecular weight is 288 g/mol. The Hall–Kier alpha value is -0.190. The summed E-state index contributed by atoms with van der Waals surface area (Å²) in [4.78, 5) is 0. The summed E-state index contributed by atoms with van der Waals surface area (Å²) >= 11 is -3.07. The molecule has 3 N–H and O–H groups in total. The minimum absolute atomic E-state index is 2.69. The number of hydrogen-bond donors (Lipinski definition) is 3. The molecule has 0 rings (SSSR count). The van der Waals surface area contributed by atoms with Crippen molar-refractivity contribution in [3.63, 3.8) is 0 Å². The third-order valence-electron chi connectivity index (χ3n) is 0.570. The van der Waals surface area contributed by atoms with Crippen LogP contribution in [-0.4, -0.2) is 40.9 Å². The first-order valence-electron chi connectivity index (χ1n) is 2.59. The molecule has 0 radical (unpaired) electrons. The quantitative estimate of drug-likeness (QED) is 0.155. The SMILES string of the molecule is O=S(O)C(O)OS(=O)(=O)OOS(=O)(=O)O. The van der Waals surface area contributed by atoms with E-state index in [0.717, 1.165) is 0 Å². The number of rotatable bonds is 6. The van der Waals surface area contributed by atoms with Gasteiger partial charge < -0.3 is 9.66 Å². The highest BCUT2D eigenvalue weighted by molar-refractivity contribution is 7.84. The van der Waals surface area contributed by atoms with Gasteiger partial charge in [0.2, 0.25) is 11.1 Å². The smallest absolute Gasteiger partial charge is 0.355 e. The maximum Gasteiger partial charge on any atom is 0.431 e. The molecule has 0 spiro atoms. The molecule has 15 heavy (non-hydrogen) atoms. The fourth-order valence-corrected chi connectivity index (χ4v) is 1.56. The van der Waals surface area contributed by atoms with E-state index in [1.807, 2.05) is 0 Å². The van der Waals surface area contributed by atoms with Crippen molar-refractivity contribution in [3.05, 3.63) is 0 Å². The molecule has 0 heterocycles. The van der Waals surface area contributed by atoms with Gasteiger partial charge in [0.25, 0.3) is 5.62 Å². The first-order chi connectivity index (χ1) is 6.53. The van der Waals surface area contributed by atoms with E-state index in [2.05, 4.69) is 12.9 Å². The molecule has 0 aliphatic heterocycles. The normalized spacial score (nSPS) is 17.3. The predicted octanol–water partition coefficient (Wildman–Crippen LogP) is -2.50. The zero-order chi connectivity index (χ0) is 12.3. The van der Waals surface area contributed by atoms with Gasteiger partial charge in [-0.15, -0.1) is 0 Å². The maximum absolute atomic E-state index is 10.4. The van der Waals surface area contributed by atoms with Gasteiger partial charge in [0.1, 0.15) is 0 Å². The monoisotopic (exact) mass is 288 g/mol. The molecule has 2 unspecified atom stereocenters. The Balaban J connectivity index is 4.40. The third kappa shape index (κ3) is 7.71. The zero-order valence-corrected chi connectivity index (χ0v) is 8.86. The Morgan fingerprint density at radius 2 is 1.60 bits per heavy atom. The lowest BCUT2D eigenvalue weighted by molar-refractivity contribution is -0.117. The van der Waals surface area contributed by atoms with Crippen molar-refractivity contribution in [1.29, 1.82) is 0 Å². The van der Waals surface area contributed by atoms with Gasteiger partial charge in [-0.25, -0.2) is 4.21 Å². The van der Waals surface area contributed by atoms with Crippen LogP contribution in [0, 0.1) is 0 Å². The highest BCUT2D eigenvalue weighted by Gasteiger charge is 2.25. The average Bonchev–Trinajstić information content (AvgIpc) is 1.99. The molecule has 0 saturated carbocycles. The first-order valence-corrected chi connectivity index (χ1v) is 6.46. The van der Waals surface area contributed by atoms with Crippen LogP contribution in [0.3, 0.4) is 0 Å². The molecule has 14 heteroatoms. The topological polar surface area (TPSA) is 174 Å². The van der Waals surface area contributed by atoms with E-state index >= 15 is 0 Å². The van der Waals surface area contributed by atoms with Gasteiger partial charge in [-0.2, -0.15) is 21.0 Å². The van der Waals surface area contributed by atoms with Crippen LogP contribution in [0.5, 0.6) is 0 Å². The van der Waals surface area contributed by atoms with E-state index in [4.69, 9.17) is 14.2 Å². The lowest BCUT2D eigenvalue weighted by Gasteiger charge is -2.05. The van der Waals surface area contributed by atoms with E-state index in [0.29, 0.717) is 0 Å². The fraction of sp³-hybridized carbons (Fsp3) is 1.00. The Kier molecular flexibility index (Phi) is 5.17. The second-order valence-corrected chi connectivity index (χ2v) is 4.74. The molecule has 2 atom stereocenters. The summed E-state index contributed by atoms with van der Waals surface area (Å²) in [6.45, 7) is 0. The van der Waals surface area contributed by atoms with Crippen LogP contribution in [0.1, 0.15) is 0 Å². The van der Waals surface area contributed by atoms with Gasteiger partial charge >= 0.3 is 20.8 Å². The van der Waals surface area contributed by atoms with Gasteiger partial charge in [-0.1, -0.05) is 8.67 Å². The molecule has 0 aromatic rings. The molecule has 0 amide bonds. The second kappa shape index (κ2) is 5.23. The van der Waals surface area contributed by atoms with Crippen molar-refractivity contribution >= 4 is 31.9 Å². The summed E-state index contributed by atoms with van der Waals surface area (Å²) in [5.74, 6) is 0. The van der Waals surface area contributed by atoms with E-state index < -0.39 is 37.5 Å². The van der Waals surface area contributed by atoms with Crippen molar-refractivity contribution in [3.8, 4) is 0 Å². The van der Waals surface area contributed by atoms with Gasteiger partial charge in [0.15, 0.2) is 0 Å². The van der Waals surface area contributed by atoms with Crippen molar-refractivity contribution in [1.82, 2.24) is 0 Å². The highest BCUT2D eigenvalue weighted by atomic mass is 32.3. The minimum atomic E-state index is -5.22. The number of aliphatic hydroxyl groups excluding tert-OH is 1. The molecule has 0 aliphatic rings.